The highest BCUT2D eigenvalue weighted by molar-refractivity contribution is 5.78. The minimum absolute atomic E-state index is 0.0373. The van der Waals surface area contributed by atoms with Gasteiger partial charge < -0.3 is 14.8 Å². The van der Waals surface area contributed by atoms with Crippen LogP contribution in [-0.2, 0) is 19.1 Å². The van der Waals surface area contributed by atoms with Crippen molar-refractivity contribution in [2.75, 3.05) is 47.0 Å². The molecule has 0 aromatic rings. The van der Waals surface area contributed by atoms with Gasteiger partial charge in [0.1, 0.15) is 0 Å². The van der Waals surface area contributed by atoms with E-state index in [-0.39, 0.29) is 23.7 Å². The predicted octanol–water partition coefficient (Wildman–Crippen LogP) is -0.510. The first-order valence-corrected chi connectivity index (χ1v) is 6.14. The van der Waals surface area contributed by atoms with Crippen molar-refractivity contribution in [3.63, 3.8) is 0 Å². The van der Waals surface area contributed by atoms with Crippen molar-refractivity contribution < 1.29 is 19.1 Å². The summed E-state index contributed by atoms with van der Waals surface area (Å²) >= 11 is 0. The van der Waals surface area contributed by atoms with Crippen LogP contribution in [0, 0.1) is 11.8 Å². The molecule has 0 aromatic heterocycles. The quantitative estimate of drug-likeness (QED) is 0.513. The van der Waals surface area contributed by atoms with Crippen molar-refractivity contribution in [3.8, 4) is 0 Å². The number of carbonyl (C=O) groups excluding carboxylic acids is 2. The van der Waals surface area contributed by atoms with Crippen molar-refractivity contribution in [1.82, 2.24) is 10.2 Å². The Hall–Kier alpha value is -1.14. The van der Waals surface area contributed by atoms with Crippen LogP contribution in [0.4, 0.5) is 0 Å². The minimum Gasteiger partial charge on any atom is -0.469 e. The Labute approximate surface area is 108 Å². The van der Waals surface area contributed by atoms with Crippen LogP contribution < -0.4 is 5.32 Å². The van der Waals surface area contributed by atoms with Crippen molar-refractivity contribution in [2.24, 2.45) is 11.8 Å². The minimum atomic E-state index is -0.190. The topological polar surface area (TPSA) is 67.9 Å². The summed E-state index contributed by atoms with van der Waals surface area (Å²) in [5.74, 6) is -0.124. The Morgan fingerprint density at radius 3 is 2.67 bits per heavy atom. The zero-order chi connectivity index (χ0) is 13.5. The number of carbonyl (C=O) groups is 2. The third-order valence-electron chi connectivity index (χ3n) is 3.19. The van der Waals surface area contributed by atoms with Gasteiger partial charge in [-0.15, -0.1) is 0 Å². The number of amides is 1. The third kappa shape index (κ3) is 4.27. The smallest absolute Gasteiger partial charge is 0.310 e. The average molecular weight is 258 g/mol. The van der Waals surface area contributed by atoms with Crippen LogP contribution in [0.15, 0.2) is 0 Å². The highest BCUT2D eigenvalue weighted by Gasteiger charge is 2.35. The number of nitrogens with one attached hydrogen (secondary N) is 1. The first kappa shape index (κ1) is 14.9. The number of esters is 1. The maximum atomic E-state index is 11.6. The van der Waals surface area contributed by atoms with Crippen LogP contribution >= 0.6 is 0 Å². The molecule has 1 amide bonds. The van der Waals surface area contributed by atoms with Crippen LogP contribution in [-0.4, -0.2) is 63.8 Å². The normalized spacial score (nSPS) is 23.9. The molecule has 1 fully saturated rings. The highest BCUT2D eigenvalue weighted by Crippen LogP contribution is 2.23. The lowest BCUT2D eigenvalue weighted by Gasteiger charge is -2.14. The summed E-state index contributed by atoms with van der Waals surface area (Å²) < 4.78 is 9.61. The molecule has 6 heteroatoms. The lowest BCUT2D eigenvalue weighted by molar-refractivity contribution is -0.146. The molecule has 0 saturated carbocycles. The molecule has 2 unspecified atom stereocenters. The van der Waals surface area contributed by atoms with E-state index in [2.05, 4.69) is 5.32 Å². The largest absolute Gasteiger partial charge is 0.469 e. The van der Waals surface area contributed by atoms with Crippen molar-refractivity contribution >= 4 is 11.9 Å². The second-order valence-corrected chi connectivity index (χ2v) is 4.64. The number of likely N-dealkylation sites (tertiary alicyclic amines) is 1. The van der Waals surface area contributed by atoms with Crippen LogP contribution in [0.2, 0.25) is 0 Å². The van der Waals surface area contributed by atoms with Gasteiger partial charge >= 0.3 is 5.97 Å². The van der Waals surface area contributed by atoms with Crippen LogP contribution in [0.1, 0.15) is 6.92 Å². The number of rotatable bonds is 6. The zero-order valence-corrected chi connectivity index (χ0v) is 11.3. The zero-order valence-electron chi connectivity index (χ0n) is 11.3. The molecule has 0 aromatic carbocycles. The molecule has 18 heavy (non-hydrogen) atoms. The van der Waals surface area contributed by atoms with E-state index in [1.807, 2.05) is 11.8 Å². The first-order valence-electron chi connectivity index (χ1n) is 6.14. The van der Waals surface area contributed by atoms with Crippen LogP contribution in [0.25, 0.3) is 0 Å². The molecule has 1 aliphatic heterocycles. The van der Waals surface area contributed by atoms with Gasteiger partial charge in [0.05, 0.1) is 26.2 Å². The molecule has 0 bridgehead atoms. The van der Waals surface area contributed by atoms with Gasteiger partial charge in [-0.1, -0.05) is 6.92 Å². The Morgan fingerprint density at radius 1 is 1.33 bits per heavy atom. The van der Waals surface area contributed by atoms with Gasteiger partial charge in [0.15, 0.2) is 0 Å². The molecule has 1 saturated heterocycles. The summed E-state index contributed by atoms with van der Waals surface area (Å²) in [5.41, 5.74) is 0. The van der Waals surface area contributed by atoms with E-state index in [1.165, 1.54) is 7.11 Å². The molecule has 0 aliphatic carbocycles. The van der Waals surface area contributed by atoms with E-state index >= 15 is 0 Å². The maximum absolute atomic E-state index is 11.6. The van der Waals surface area contributed by atoms with Gasteiger partial charge in [-0.05, 0) is 5.92 Å². The lowest BCUT2D eigenvalue weighted by atomic mass is 9.99. The molecule has 1 N–H and O–H groups in total. The number of methoxy groups -OCH3 is 2. The number of nitrogens with zero attached hydrogens (tertiary/aromatic N) is 1. The molecule has 0 radical (unpaired) electrons. The molecule has 1 heterocycles. The fraction of sp³-hybridized carbons (Fsp3) is 0.833. The molecular weight excluding hydrogens is 236 g/mol. The standard InChI is InChI=1S/C12H22N2O4/c1-9-6-14(7-10(9)12(16)18-3)8-11(15)13-4-5-17-2/h9-10H,4-8H2,1-3H3,(H,13,15). The third-order valence-corrected chi connectivity index (χ3v) is 3.19. The van der Waals surface area contributed by atoms with E-state index in [9.17, 15) is 9.59 Å². The van der Waals surface area contributed by atoms with Crippen molar-refractivity contribution in [3.05, 3.63) is 0 Å². The van der Waals surface area contributed by atoms with Gasteiger partial charge in [-0.25, -0.2) is 0 Å². The van der Waals surface area contributed by atoms with Crippen molar-refractivity contribution in [1.29, 1.82) is 0 Å². The fourth-order valence-corrected chi connectivity index (χ4v) is 2.21. The van der Waals surface area contributed by atoms with Crippen LogP contribution in [0.5, 0.6) is 0 Å². The first-order chi connectivity index (χ1) is 8.58. The van der Waals surface area contributed by atoms with E-state index in [4.69, 9.17) is 9.47 Å². The van der Waals surface area contributed by atoms with Gasteiger partial charge in [0, 0.05) is 26.7 Å². The SMILES string of the molecule is COCCNC(=O)CN1CC(C)C(C(=O)OC)C1. The number of hydrogen-bond donors (Lipinski definition) is 1. The average Bonchev–Trinajstić information content (AvgIpc) is 2.69. The maximum Gasteiger partial charge on any atom is 0.310 e. The lowest BCUT2D eigenvalue weighted by Crippen LogP contribution is -2.37. The van der Waals surface area contributed by atoms with E-state index in [0.717, 1.165) is 6.54 Å². The second kappa shape index (κ2) is 7.33. The molecule has 1 aliphatic rings. The fourth-order valence-electron chi connectivity index (χ4n) is 2.21. The van der Waals surface area contributed by atoms with Gasteiger partial charge in [-0.3, -0.25) is 14.5 Å². The van der Waals surface area contributed by atoms with Gasteiger partial charge in [-0.2, -0.15) is 0 Å². The molecular formula is C12H22N2O4. The van der Waals surface area contributed by atoms with E-state index < -0.39 is 0 Å². The molecule has 0 spiro atoms. The monoisotopic (exact) mass is 258 g/mol. The molecule has 104 valence electrons. The summed E-state index contributed by atoms with van der Waals surface area (Å²) in [4.78, 5) is 25.1. The molecule has 2 atom stereocenters. The Morgan fingerprint density at radius 2 is 2.06 bits per heavy atom. The van der Waals surface area contributed by atoms with E-state index in [1.54, 1.807) is 7.11 Å². The summed E-state index contributed by atoms with van der Waals surface area (Å²) in [6, 6.07) is 0. The molecule has 1 rings (SSSR count). The highest BCUT2D eigenvalue weighted by atomic mass is 16.5. The number of hydrogen-bond acceptors (Lipinski definition) is 5. The van der Waals surface area contributed by atoms with Gasteiger partial charge in [0.25, 0.3) is 0 Å². The Balaban J connectivity index is 2.32. The summed E-state index contributed by atoms with van der Waals surface area (Å²) in [6.45, 7) is 4.68. The predicted molar refractivity (Wildman–Crippen MR) is 66.0 cm³/mol. The Kier molecular flexibility index (Phi) is 6.07. The number of ether oxygens (including phenoxy) is 2. The summed E-state index contributed by atoms with van der Waals surface area (Å²) in [5, 5.41) is 2.76. The van der Waals surface area contributed by atoms with E-state index in [0.29, 0.717) is 26.2 Å². The second-order valence-electron chi connectivity index (χ2n) is 4.64. The summed E-state index contributed by atoms with van der Waals surface area (Å²) in [6.07, 6.45) is 0. The van der Waals surface area contributed by atoms with Crippen LogP contribution in [0.3, 0.4) is 0 Å². The Bertz CT molecular complexity index is 296. The summed E-state index contributed by atoms with van der Waals surface area (Å²) in [7, 11) is 2.99. The van der Waals surface area contributed by atoms with Crippen molar-refractivity contribution in [2.45, 2.75) is 6.92 Å². The van der Waals surface area contributed by atoms with Gasteiger partial charge in [0.2, 0.25) is 5.91 Å². The molecule has 6 nitrogen and oxygen atoms in total.